The van der Waals surface area contributed by atoms with Gasteiger partial charge in [0.2, 0.25) is 0 Å². The SMILES string of the molecule is O=C(Nc1cccc(C(F)(F)F)c1)N(Cl)c1ccccc1. The Hall–Kier alpha value is -2.21. The molecule has 1 N–H and O–H groups in total. The number of hydrogen-bond donors (Lipinski definition) is 1. The van der Waals surface area contributed by atoms with Gasteiger partial charge >= 0.3 is 12.2 Å². The molecule has 0 radical (unpaired) electrons. The molecule has 0 heterocycles. The number of carbonyl (C=O) groups is 1. The van der Waals surface area contributed by atoms with Crippen molar-refractivity contribution in [2.75, 3.05) is 9.74 Å². The normalized spacial score (nSPS) is 11.0. The minimum absolute atomic E-state index is 0.0106. The molecule has 2 aromatic carbocycles. The van der Waals surface area contributed by atoms with E-state index in [-0.39, 0.29) is 5.69 Å². The molecule has 110 valence electrons. The summed E-state index contributed by atoms with van der Waals surface area (Å²) in [7, 11) is 0. The van der Waals surface area contributed by atoms with Crippen molar-refractivity contribution in [3.8, 4) is 0 Å². The maximum absolute atomic E-state index is 12.6. The molecule has 2 aromatic rings. The van der Waals surface area contributed by atoms with E-state index in [4.69, 9.17) is 11.8 Å². The van der Waals surface area contributed by atoms with E-state index in [1.807, 2.05) is 0 Å². The Morgan fingerprint density at radius 3 is 2.33 bits per heavy atom. The van der Waals surface area contributed by atoms with Crippen molar-refractivity contribution >= 4 is 29.2 Å². The Labute approximate surface area is 124 Å². The summed E-state index contributed by atoms with van der Waals surface area (Å²) in [6, 6.07) is 11.9. The van der Waals surface area contributed by atoms with Gasteiger partial charge in [0.15, 0.2) is 0 Å². The Balaban J connectivity index is 2.13. The van der Waals surface area contributed by atoms with Crippen LogP contribution in [0.5, 0.6) is 0 Å². The Bertz CT molecular complexity index is 632. The largest absolute Gasteiger partial charge is 0.416 e. The molecule has 2 rings (SSSR count). The molecule has 0 aliphatic rings. The van der Waals surface area contributed by atoms with Crippen LogP contribution in [-0.2, 0) is 6.18 Å². The molecule has 0 bridgehead atoms. The van der Waals surface area contributed by atoms with E-state index in [0.717, 1.165) is 16.6 Å². The average molecular weight is 315 g/mol. The predicted octanol–water partition coefficient (Wildman–Crippen LogP) is 4.90. The van der Waals surface area contributed by atoms with Gasteiger partial charge in [0.1, 0.15) is 0 Å². The summed E-state index contributed by atoms with van der Waals surface area (Å²) in [6.45, 7) is 0. The van der Waals surface area contributed by atoms with Gasteiger partial charge in [-0.15, -0.1) is 0 Å². The van der Waals surface area contributed by atoms with Crippen molar-refractivity contribution in [2.24, 2.45) is 0 Å². The van der Waals surface area contributed by atoms with Gasteiger partial charge in [-0.3, -0.25) is 0 Å². The van der Waals surface area contributed by atoms with E-state index in [9.17, 15) is 18.0 Å². The van der Waals surface area contributed by atoms with Crippen molar-refractivity contribution in [1.82, 2.24) is 0 Å². The molecule has 21 heavy (non-hydrogen) atoms. The molecule has 7 heteroatoms. The minimum atomic E-state index is -4.47. The highest BCUT2D eigenvalue weighted by atomic mass is 35.5. The summed E-state index contributed by atoms with van der Waals surface area (Å²) < 4.78 is 38.5. The monoisotopic (exact) mass is 314 g/mol. The van der Waals surface area contributed by atoms with E-state index in [1.165, 1.54) is 12.1 Å². The number of anilines is 2. The highest BCUT2D eigenvalue weighted by Gasteiger charge is 2.30. The standard InChI is InChI=1S/C14H10ClF3N2O/c15-20(12-7-2-1-3-8-12)13(21)19-11-6-4-5-10(9-11)14(16,17)18/h1-9H,(H,19,21). The molecule has 0 atom stereocenters. The summed E-state index contributed by atoms with van der Waals surface area (Å²) in [5.74, 6) is 0. The smallest absolute Gasteiger partial charge is 0.306 e. The molecule has 0 fully saturated rings. The van der Waals surface area contributed by atoms with Gasteiger partial charge in [0, 0.05) is 17.5 Å². The number of alkyl halides is 3. The second kappa shape index (κ2) is 6.05. The Kier molecular flexibility index (Phi) is 4.37. The molecule has 3 nitrogen and oxygen atoms in total. The van der Waals surface area contributed by atoms with Crippen LogP contribution in [0, 0.1) is 0 Å². The van der Waals surface area contributed by atoms with Crippen molar-refractivity contribution in [3.63, 3.8) is 0 Å². The molecule has 2 amide bonds. The van der Waals surface area contributed by atoms with Crippen LogP contribution in [0.15, 0.2) is 54.6 Å². The van der Waals surface area contributed by atoms with E-state index in [1.54, 1.807) is 30.3 Å². The maximum Gasteiger partial charge on any atom is 0.416 e. The second-order valence-electron chi connectivity index (χ2n) is 4.13. The number of nitrogens with zero attached hydrogens (tertiary/aromatic N) is 1. The topological polar surface area (TPSA) is 32.3 Å². The van der Waals surface area contributed by atoms with Crippen molar-refractivity contribution in [2.45, 2.75) is 6.18 Å². The van der Waals surface area contributed by atoms with E-state index < -0.39 is 17.8 Å². The van der Waals surface area contributed by atoms with Crippen molar-refractivity contribution in [3.05, 3.63) is 60.2 Å². The first-order chi connectivity index (χ1) is 9.88. The third-order valence-electron chi connectivity index (χ3n) is 2.60. The average Bonchev–Trinajstić information content (AvgIpc) is 2.47. The minimum Gasteiger partial charge on any atom is -0.306 e. The molecule has 0 saturated heterocycles. The molecule has 0 aliphatic heterocycles. The third-order valence-corrected chi connectivity index (χ3v) is 2.95. The van der Waals surface area contributed by atoms with Crippen LogP contribution in [0.4, 0.5) is 29.3 Å². The quantitative estimate of drug-likeness (QED) is 0.786. The van der Waals surface area contributed by atoms with Crippen molar-refractivity contribution < 1.29 is 18.0 Å². The lowest BCUT2D eigenvalue weighted by atomic mass is 10.2. The molecule has 0 unspecified atom stereocenters. The first kappa shape index (κ1) is 15.2. The maximum atomic E-state index is 12.6. The van der Waals surface area contributed by atoms with Gasteiger partial charge < -0.3 is 5.32 Å². The Morgan fingerprint density at radius 2 is 1.71 bits per heavy atom. The van der Waals surface area contributed by atoms with Crippen LogP contribution in [0.3, 0.4) is 0 Å². The van der Waals surface area contributed by atoms with Crippen LogP contribution < -0.4 is 9.74 Å². The number of amides is 2. The van der Waals surface area contributed by atoms with Crippen LogP contribution >= 0.6 is 11.8 Å². The molecule has 0 aliphatic carbocycles. The lowest BCUT2D eigenvalue weighted by Crippen LogP contribution is -2.26. The fraction of sp³-hybridized carbons (Fsp3) is 0.0714. The molecule has 0 saturated carbocycles. The fourth-order valence-electron chi connectivity index (χ4n) is 1.62. The lowest BCUT2D eigenvalue weighted by molar-refractivity contribution is -0.137. The number of nitrogens with one attached hydrogen (secondary N) is 1. The van der Waals surface area contributed by atoms with Gasteiger partial charge in [0.25, 0.3) is 0 Å². The number of rotatable bonds is 2. The van der Waals surface area contributed by atoms with Gasteiger partial charge in [-0.25, -0.2) is 9.21 Å². The summed E-state index contributed by atoms with van der Waals surface area (Å²) in [5, 5.41) is 2.31. The van der Waals surface area contributed by atoms with Crippen LogP contribution in [0.2, 0.25) is 0 Å². The predicted molar refractivity (Wildman–Crippen MR) is 75.2 cm³/mol. The highest BCUT2D eigenvalue weighted by Crippen LogP contribution is 2.30. The van der Waals surface area contributed by atoms with Gasteiger partial charge in [-0.05, 0) is 30.3 Å². The van der Waals surface area contributed by atoms with Gasteiger partial charge in [-0.2, -0.15) is 13.2 Å². The van der Waals surface area contributed by atoms with Crippen molar-refractivity contribution in [1.29, 1.82) is 0 Å². The van der Waals surface area contributed by atoms with Crippen LogP contribution in [0.25, 0.3) is 0 Å². The van der Waals surface area contributed by atoms with Gasteiger partial charge in [-0.1, -0.05) is 24.3 Å². The zero-order valence-corrected chi connectivity index (χ0v) is 11.3. The first-order valence-corrected chi connectivity index (χ1v) is 6.21. The second-order valence-corrected chi connectivity index (χ2v) is 4.46. The number of halogens is 4. The summed E-state index contributed by atoms with van der Waals surface area (Å²) in [5.41, 5.74) is -0.429. The summed E-state index contributed by atoms with van der Waals surface area (Å²) in [6.07, 6.45) is -4.47. The number of benzene rings is 2. The zero-order valence-electron chi connectivity index (χ0n) is 10.6. The number of carbonyl (C=O) groups excluding carboxylic acids is 1. The number of urea groups is 1. The lowest BCUT2D eigenvalue weighted by Gasteiger charge is -2.15. The molecular formula is C14H10ClF3N2O. The first-order valence-electron chi connectivity index (χ1n) is 5.87. The number of hydrogen-bond acceptors (Lipinski definition) is 1. The molecular weight excluding hydrogens is 305 g/mol. The van der Waals surface area contributed by atoms with E-state index >= 15 is 0 Å². The van der Waals surface area contributed by atoms with Crippen LogP contribution in [-0.4, -0.2) is 6.03 Å². The highest BCUT2D eigenvalue weighted by molar-refractivity contribution is 6.38. The summed E-state index contributed by atoms with van der Waals surface area (Å²) >= 11 is 5.84. The third kappa shape index (κ3) is 3.88. The number of para-hydroxylation sites is 1. The van der Waals surface area contributed by atoms with Crippen LogP contribution in [0.1, 0.15) is 5.56 Å². The van der Waals surface area contributed by atoms with Gasteiger partial charge in [0.05, 0.1) is 11.3 Å². The zero-order chi connectivity index (χ0) is 15.5. The fourth-order valence-corrected chi connectivity index (χ4v) is 1.78. The van der Waals surface area contributed by atoms with E-state index in [2.05, 4.69) is 5.32 Å². The molecule has 0 aromatic heterocycles. The van der Waals surface area contributed by atoms with E-state index in [0.29, 0.717) is 5.69 Å². The summed E-state index contributed by atoms with van der Waals surface area (Å²) in [4.78, 5) is 11.9. The Morgan fingerprint density at radius 1 is 1.05 bits per heavy atom. The molecule has 0 spiro atoms.